The average Bonchev–Trinajstić information content (AvgIpc) is 2.43. The third kappa shape index (κ3) is 2.69. The van der Waals surface area contributed by atoms with Gasteiger partial charge in [-0.3, -0.25) is 4.79 Å². The van der Waals surface area contributed by atoms with Gasteiger partial charge in [0, 0.05) is 17.6 Å². The molecule has 1 amide bonds. The predicted molar refractivity (Wildman–Crippen MR) is 75.8 cm³/mol. The summed E-state index contributed by atoms with van der Waals surface area (Å²) in [7, 11) is 0. The second-order valence-corrected chi connectivity index (χ2v) is 4.33. The van der Waals surface area contributed by atoms with Crippen LogP contribution in [0.5, 0.6) is 0 Å². The standard InChI is InChI=1S/C14H15N3O3/c1-2-17(8-13(15)18)12-7-11(14(19)20)16-10-6-4-3-5-9(10)12/h3-7H,2,8H2,1H3,(H2,15,18)(H,19,20). The first-order valence-corrected chi connectivity index (χ1v) is 6.19. The number of primary amides is 1. The van der Waals surface area contributed by atoms with Gasteiger partial charge < -0.3 is 15.7 Å². The SMILES string of the molecule is CCN(CC(N)=O)c1cc(C(=O)O)nc2ccccc12. The molecular formula is C14H15N3O3. The molecule has 0 aliphatic carbocycles. The molecule has 104 valence electrons. The summed E-state index contributed by atoms with van der Waals surface area (Å²) in [6, 6.07) is 8.68. The van der Waals surface area contributed by atoms with Crippen molar-refractivity contribution in [3.05, 3.63) is 36.0 Å². The number of nitrogens with two attached hydrogens (primary N) is 1. The Bertz CT molecular complexity index is 670. The van der Waals surface area contributed by atoms with Gasteiger partial charge in [-0.2, -0.15) is 0 Å². The van der Waals surface area contributed by atoms with Crippen LogP contribution >= 0.6 is 0 Å². The van der Waals surface area contributed by atoms with E-state index in [0.717, 1.165) is 5.39 Å². The van der Waals surface area contributed by atoms with E-state index in [-0.39, 0.29) is 12.2 Å². The molecule has 0 radical (unpaired) electrons. The van der Waals surface area contributed by atoms with E-state index >= 15 is 0 Å². The van der Waals surface area contributed by atoms with Crippen LogP contribution in [0.1, 0.15) is 17.4 Å². The Balaban J connectivity index is 2.64. The first-order chi connectivity index (χ1) is 9.52. The fourth-order valence-corrected chi connectivity index (χ4v) is 2.08. The number of pyridine rings is 1. The molecule has 2 rings (SSSR count). The van der Waals surface area contributed by atoms with Crippen molar-refractivity contribution in [2.45, 2.75) is 6.92 Å². The van der Waals surface area contributed by atoms with Crippen LogP contribution in [-0.2, 0) is 4.79 Å². The van der Waals surface area contributed by atoms with Crippen molar-refractivity contribution in [2.24, 2.45) is 5.73 Å². The molecule has 6 heteroatoms. The molecule has 2 aromatic rings. The molecular weight excluding hydrogens is 258 g/mol. The molecule has 1 aromatic carbocycles. The van der Waals surface area contributed by atoms with E-state index in [4.69, 9.17) is 10.8 Å². The van der Waals surface area contributed by atoms with Gasteiger partial charge in [-0.1, -0.05) is 18.2 Å². The van der Waals surface area contributed by atoms with Crippen molar-refractivity contribution in [3.63, 3.8) is 0 Å². The van der Waals surface area contributed by atoms with Gasteiger partial charge in [0.1, 0.15) is 0 Å². The van der Waals surface area contributed by atoms with E-state index < -0.39 is 11.9 Å². The number of carboxylic acid groups (broad SMARTS) is 1. The zero-order valence-corrected chi connectivity index (χ0v) is 11.0. The van der Waals surface area contributed by atoms with Gasteiger partial charge in [-0.25, -0.2) is 9.78 Å². The number of benzene rings is 1. The van der Waals surface area contributed by atoms with Crippen molar-refractivity contribution in [1.29, 1.82) is 0 Å². The molecule has 20 heavy (non-hydrogen) atoms. The molecule has 0 fully saturated rings. The number of aromatic nitrogens is 1. The second-order valence-electron chi connectivity index (χ2n) is 4.33. The lowest BCUT2D eigenvalue weighted by Gasteiger charge is -2.23. The monoisotopic (exact) mass is 273 g/mol. The molecule has 0 bridgehead atoms. The lowest BCUT2D eigenvalue weighted by Crippen LogP contribution is -2.33. The molecule has 0 atom stereocenters. The van der Waals surface area contributed by atoms with Gasteiger partial charge >= 0.3 is 5.97 Å². The molecule has 1 aromatic heterocycles. The molecule has 3 N–H and O–H groups in total. The van der Waals surface area contributed by atoms with Crippen LogP contribution in [0.4, 0.5) is 5.69 Å². The first kappa shape index (κ1) is 13.8. The van der Waals surface area contributed by atoms with Crippen LogP contribution in [0.3, 0.4) is 0 Å². The van der Waals surface area contributed by atoms with Gasteiger partial charge in [0.2, 0.25) is 5.91 Å². The number of anilines is 1. The predicted octanol–water partition coefficient (Wildman–Crippen LogP) is 1.24. The largest absolute Gasteiger partial charge is 0.477 e. The van der Waals surface area contributed by atoms with Crippen LogP contribution in [0.15, 0.2) is 30.3 Å². The molecule has 6 nitrogen and oxygen atoms in total. The number of rotatable bonds is 5. The highest BCUT2D eigenvalue weighted by atomic mass is 16.4. The van der Waals surface area contributed by atoms with Crippen molar-refractivity contribution >= 4 is 28.5 Å². The van der Waals surface area contributed by atoms with Gasteiger partial charge in [-0.15, -0.1) is 0 Å². The Morgan fingerprint density at radius 2 is 2.05 bits per heavy atom. The zero-order chi connectivity index (χ0) is 14.7. The maximum absolute atomic E-state index is 11.2. The van der Waals surface area contributed by atoms with E-state index in [2.05, 4.69) is 4.98 Å². The Morgan fingerprint density at radius 1 is 1.35 bits per heavy atom. The molecule has 0 unspecified atom stereocenters. The van der Waals surface area contributed by atoms with Crippen LogP contribution in [0.25, 0.3) is 10.9 Å². The second kappa shape index (κ2) is 5.56. The first-order valence-electron chi connectivity index (χ1n) is 6.19. The molecule has 0 spiro atoms. The fraction of sp³-hybridized carbons (Fsp3) is 0.214. The molecule has 0 aliphatic heterocycles. The van der Waals surface area contributed by atoms with Gasteiger partial charge in [-0.05, 0) is 19.1 Å². The molecule has 1 heterocycles. The molecule has 0 saturated carbocycles. The van der Waals surface area contributed by atoms with Gasteiger partial charge in [0.15, 0.2) is 5.69 Å². The zero-order valence-electron chi connectivity index (χ0n) is 11.0. The Kier molecular flexibility index (Phi) is 3.84. The van der Waals surface area contributed by atoms with Crippen molar-refractivity contribution in [1.82, 2.24) is 4.98 Å². The summed E-state index contributed by atoms with van der Waals surface area (Å²) in [4.78, 5) is 28.1. The number of nitrogens with zero attached hydrogens (tertiary/aromatic N) is 2. The van der Waals surface area contributed by atoms with E-state index in [0.29, 0.717) is 17.7 Å². The maximum atomic E-state index is 11.2. The third-order valence-corrected chi connectivity index (χ3v) is 2.98. The number of carbonyl (C=O) groups is 2. The van der Waals surface area contributed by atoms with E-state index in [9.17, 15) is 9.59 Å². The normalized spacial score (nSPS) is 10.4. The highest BCUT2D eigenvalue weighted by Crippen LogP contribution is 2.26. The number of carboxylic acids is 1. The fourth-order valence-electron chi connectivity index (χ4n) is 2.08. The smallest absolute Gasteiger partial charge is 0.354 e. The minimum absolute atomic E-state index is 0.0313. The topological polar surface area (TPSA) is 96.5 Å². The molecule has 0 saturated heterocycles. The number of aromatic carboxylic acids is 1. The van der Waals surface area contributed by atoms with E-state index in [1.165, 1.54) is 6.07 Å². The summed E-state index contributed by atoms with van der Waals surface area (Å²) in [5.41, 5.74) is 6.40. The summed E-state index contributed by atoms with van der Waals surface area (Å²) in [5.74, 6) is -1.57. The number of fused-ring (bicyclic) bond motifs is 1. The Morgan fingerprint density at radius 3 is 2.65 bits per heavy atom. The minimum Gasteiger partial charge on any atom is -0.477 e. The molecule has 0 aliphatic rings. The van der Waals surface area contributed by atoms with E-state index in [1.54, 1.807) is 17.0 Å². The summed E-state index contributed by atoms with van der Waals surface area (Å²) in [6.45, 7) is 2.44. The van der Waals surface area contributed by atoms with E-state index in [1.807, 2.05) is 19.1 Å². The van der Waals surface area contributed by atoms with Crippen LogP contribution in [-0.4, -0.2) is 35.1 Å². The summed E-state index contributed by atoms with van der Waals surface area (Å²) >= 11 is 0. The minimum atomic E-state index is -1.10. The van der Waals surface area contributed by atoms with Crippen molar-refractivity contribution in [3.8, 4) is 0 Å². The number of amides is 1. The Hall–Kier alpha value is -2.63. The van der Waals surface area contributed by atoms with Gasteiger partial charge in [0.25, 0.3) is 0 Å². The third-order valence-electron chi connectivity index (χ3n) is 2.98. The van der Waals surface area contributed by atoms with Crippen LogP contribution in [0.2, 0.25) is 0 Å². The number of carbonyl (C=O) groups excluding carboxylic acids is 1. The summed E-state index contributed by atoms with van der Waals surface area (Å²) in [5, 5.41) is 9.92. The number of hydrogen-bond donors (Lipinski definition) is 2. The average molecular weight is 273 g/mol. The highest BCUT2D eigenvalue weighted by molar-refractivity contribution is 5.98. The number of likely N-dealkylation sites (N-methyl/N-ethyl adjacent to an activating group) is 1. The van der Waals surface area contributed by atoms with Crippen molar-refractivity contribution < 1.29 is 14.7 Å². The highest BCUT2D eigenvalue weighted by Gasteiger charge is 2.15. The number of hydrogen-bond acceptors (Lipinski definition) is 4. The lowest BCUT2D eigenvalue weighted by atomic mass is 10.1. The number of para-hydroxylation sites is 1. The van der Waals surface area contributed by atoms with Crippen LogP contribution in [0, 0.1) is 0 Å². The summed E-state index contributed by atoms with van der Waals surface area (Å²) in [6.07, 6.45) is 0. The lowest BCUT2D eigenvalue weighted by molar-refractivity contribution is -0.116. The Labute approximate surface area is 115 Å². The van der Waals surface area contributed by atoms with Gasteiger partial charge in [0.05, 0.1) is 12.1 Å². The summed E-state index contributed by atoms with van der Waals surface area (Å²) < 4.78 is 0. The van der Waals surface area contributed by atoms with Crippen LogP contribution < -0.4 is 10.6 Å². The van der Waals surface area contributed by atoms with Crippen molar-refractivity contribution in [2.75, 3.05) is 18.0 Å². The maximum Gasteiger partial charge on any atom is 0.354 e. The quantitative estimate of drug-likeness (QED) is 0.854.